The Morgan fingerprint density at radius 2 is 2.18 bits per heavy atom. The molecule has 1 aromatic carbocycles. The lowest BCUT2D eigenvalue weighted by Gasteiger charge is -2.24. The minimum atomic E-state index is -1.18. The van der Waals surface area contributed by atoms with Crippen molar-refractivity contribution >= 4 is 23.6 Å². The summed E-state index contributed by atoms with van der Waals surface area (Å²) in [6.45, 7) is 1.67. The molecule has 1 saturated heterocycles. The molecule has 1 aromatic rings. The number of carbonyl (C=O) groups is 2. The van der Waals surface area contributed by atoms with Crippen LogP contribution in [-0.2, 0) is 9.59 Å². The van der Waals surface area contributed by atoms with Crippen LogP contribution in [0.25, 0.3) is 0 Å². The molecule has 0 saturated carbocycles. The van der Waals surface area contributed by atoms with Crippen LogP contribution in [0.2, 0.25) is 0 Å². The van der Waals surface area contributed by atoms with E-state index in [0.717, 1.165) is 11.3 Å². The van der Waals surface area contributed by atoms with Crippen molar-refractivity contribution in [2.45, 2.75) is 18.9 Å². The van der Waals surface area contributed by atoms with Gasteiger partial charge in [0.05, 0.1) is 7.11 Å². The summed E-state index contributed by atoms with van der Waals surface area (Å²) in [6, 6.07) is 5.38. The molecule has 6 nitrogen and oxygen atoms in total. The molecule has 0 spiro atoms. The first-order valence-corrected chi connectivity index (χ1v) is 8.02. The average Bonchev–Trinajstić information content (AvgIpc) is 2.95. The molecule has 120 valence electrons. The predicted octanol–water partition coefficient (Wildman–Crippen LogP) is 1.46. The highest BCUT2D eigenvalue weighted by Crippen LogP contribution is 2.29. The van der Waals surface area contributed by atoms with Gasteiger partial charge in [-0.05, 0) is 36.8 Å². The highest BCUT2D eigenvalue weighted by Gasteiger charge is 2.43. The van der Waals surface area contributed by atoms with Gasteiger partial charge in [0, 0.05) is 5.75 Å². The number of aliphatic carboxylic acids is 1. The number of rotatable bonds is 6. The molecule has 22 heavy (non-hydrogen) atoms. The number of carbonyl (C=O) groups excluding carboxylic acids is 1. The molecule has 1 unspecified atom stereocenters. The van der Waals surface area contributed by atoms with E-state index in [1.807, 2.05) is 13.0 Å². The molecule has 1 fully saturated rings. The zero-order valence-corrected chi connectivity index (χ0v) is 13.4. The second kappa shape index (κ2) is 6.91. The number of ether oxygens (including phenoxy) is 2. The number of nitrogens with one attached hydrogen (secondary N) is 1. The number of hydrogen-bond donors (Lipinski definition) is 2. The summed E-state index contributed by atoms with van der Waals surface area (Å²) >= 11 is 1.52. The molecule has 1 aliphatic rings. The molecule has 1 aliphatic heterocycles. The van der Waals surface area contributed by atoms with Gasteiger partial charge in [-0.3, -0.25) is 4.79 Å². The number of aryl methyl sites for hydroxylation is 1. The Hall–Kier alpha value is -1.89. The Kier molecular flexibility index (Phi) is 5.18. The minimum absolute atomic E-state index is 0.251. The third-order valence-electron chi connectivity index (χ3n) is 3.49. The summed E-state index contributed by atoms with van der Waals surface area (Å²) < 4.78 is 10.6. The first-order chi connectivity index (χ1) is 10.5. The SMILES string of the molecule is COc1cc(C)ccc1OCC(=O)NC1(C(=O)O)CCSC1. The van der Waals surface area contributed by atoms with Gasteiger partial charge in [0.25, 0.3) is 5.91 Å². The normalized spacial score (nSPS) is 20.5. The molecule has 0 bridgehead atoms. The summed E-state index contributed by atoms with van der Waals surface area (Å²) in [5, 5.41) is 11.9. The molecule has 0 aliphatic carbocycles. The second-order valence-electron chi connectivity index (χ2n) is 5.18. The molecule has 1 amide bonds. The highest BCUT2D eigenvalue weighted by atomic mass is 32.2. The standard InChI is InChI=1S/C15H19NO5S/c1-10-3-4-11(12(7-10)20-2)21-8-13(17)16-15(14(18)19)5-6-22-9-15/h3-4,7H,5-6,8-9H2,1-2H3,(H,16,17)(H,18,19). The maximum atomic E-state index is 12.0. The van der Waals surface area contributed by atoms with Crippen molar-refractivity contribution in [3.05, 3.63) is 23.8 Å². The molecule has 1 heterocycles. The highest BCUT2D eigenvalue weighted by molar-refractivity contribution is 7.99. The van der Waals surface area contributed by atoms with Crippen molar-refractivity contribution in [2.24, 2.45) is 0 Å². The van der Waals surface area contributed by atoms with Gasteiger partial charge in [0.15, 0.2) is 18.1 Å². The van der Waals surface area contributed by atoms with Gasteiger partial charge in [-0.25, -0.2) is 4.79 Å². The number of thioether (sulfide) groups is 1. The third kappa shape index (κ3) is 3.65. The van der Waals surface area contributed by atoms with Crippen molar-refractivity contribution in [3.8, 4) is 11.5 Å². The molecule has 1 atom stereocenters. The number of hydrogen-bond acceptors (Lipinski definition) is 5. The van der Waals surface area contributed by atoms with E-state index in [-0.39, 0.29) is 6.61 Å². The van der Waals surface area contributed by atoms with E-state index in [1.54, 1.807) is 12.1 Å². The van der Waals surface area contributed by atoms with E-state index in [0.29, 0.717) is 23.7 Å². The third-order valence-corrected chi connectivity index (χ3v) is 4.68. The lowest BCUT2D eigenvalue weighted by molar-refractivity contribution is -0.146. The van der Waals surface area contributed by atoms with Gasteiger partial charge in [0.1, 0.15) is 5.54 Å². The van der Waals surface area contributed by atoms with Crippen LogP contribution in [0.1, 0.15) is 12.0 Å². The van der Waals surface area contributed by atoms with Crippen LogP contribution in [0.4, 0.5) is 0 Å². The Morgan fingerprint density at radius 1 is 1.41 bits per heavy atom. The summed E-state index contributed by atoms with van der Waals surface area (Å²) in [4.78, 5) is 23.4. The monoisotopic (exact) mass is 325 g/mol. The zero-order chi connectivity index (χ0) is 16.2. The number of benzene rings is 1. The van der Waals surface area contributed by atoms with Gasteiger partial charge >= 0.3 is 5.97 Å². The largest absolute Gasteiger partial charge is 0.493 e. The van der Waals surface area contributed by atoms with Crippen molar-refractivity contribution < 1.29 is 24.2 Å². The lowest BCUT2D eigenvalue weighted by atomic mass is 9.99. The topological polar surface area (TPSA) is 84.9 Å². The predicted molar refractivity (Wildman–Crippen MR) is 83.7 cm³/mol. The van der Waals surface area contributed by atoms with Crippen LogP contribution in [0, 0.1) is 6.92 Å². The Morgan fingerprint density at radius 3 is 2.77 bits per heavy atom. The number of carboxylic acids is 1. The van der Waals surface area contributed by atoms with Gasteiger partial charge < -0.3 is 19.9 Å². The average molecular weight is 325 g/mol. The quantitative estimate of drug-likeness (QED) is 0.824. The van der Waals surface area contributed by atoms with Crippen molar-refractivity contribution in [1.82, 2.24) is 5.32 Å². The molecule has 2 rings (SSSR count). The fourth-order valence-corrected chi connectivity index (χ4v) is 3.55. The van der Waals surface area contributed by atoms with Crippen LogP contribution in [-0.4, -0.2) is 47.7 Å². The Labute approximate surface area is 133 Å². The fourth-order valence-electron chi connectivity index (χ4n) is 2.23. The van der Waals surface area contributed by atoms with Crippen LogP contribution in [0.15, 0.2) is 18.2 Å². The van der Waals surface area contributed by atoms with Gasteiger partial charge in [-0.1, -0.05) is 6.07 Å². The smallest absolute Gasteiger partial charge is 0.330 e. The number of amides is 1. The molecule has 0 radical (unpaired) electrons. The van der Waals surface area contributed by atoms with E-state index < -0.39 is 17.4 Å². The van der Waals surface area contributed by atoms with Gasteiger partial charge in [-0.2, -0.15) is 11.8 Å². The summed E-state index contributed by atoms with van der Waals surface area (Å²) in [7, 11) is 1.52. The summed E-state index contributed by atoms with van der Waals surface area (Å²) in [6.07, 6.45) is 0.423. The van der Waals surface area contributed by atoms with E-state index >= 15 is 0 Å². The van der Waals surface area contributed by atoms with Crippen molar-refractivity contribution in [3.63, 3.8) is 0 Å². The Bertz CT molecular complexity index is 569. The van der Waals surface area contributed by atoms with E-state index in [2.05, 4.69) is 5.32 Å². The summed E-state index contributed by atoms with van der Waals surface area (Å²) in [5.41, 5.74) is -0.163. The van der Waals surface area contributed by atoms with E-state index in [4.69, 9.17) is 9.47 Å². The van der Waals surface area contributed by atoms with E-state index in [9.17, 15) is 14.7 Å². The van der Waals surface area contributed by atoms with Crippen molar-refractivity contribution in [2.75, 3.05) is 25.2 Å². The first kappa shape index (κ1) is 16.5. The maximum Gasteiger partial charge on any atom is 0.330 e. The lowest BCUT2D eigenvalue weighted by Crippen LogP contribution is -2.55. The first-order valence-electron chi connectivity index (χ1n) is 6.86. The molecule has 7 heteroatoms. The molecule has 0 aromatic heterocycles. The molecular formula is C15H19NO5S. The van der Waals surface area contributed by atoms with Crippen LogP contribution in [0.5, 0.6) is 11.5 Å². The summed E-state index contributed by atoms with van der Waals surface area (Å²) in [5.74, 6) is 0.637. The molecule has 2 N–H and O–H groups in total. The second-order valence-corrected chi connectivity index (χ2v) is 6.29. The maximum absolute atomic E-state index is 12.0. The van der Waals surface area contributed by atoms with Gasteiger partial charge in [0.2, 0.25) is 0 Å². The van der Waals surface area contributed by atoms with E-state index in [1.165, 1.54) is 18.9 Å². The van der Waals surface area contributed by atoms with Crippen LogP contribution >= 0.6 is 11.8 Å². The Balaban J connectivity index is 1.97. The number of carboxylic acid groups (broad SMARTS) is 1. The fraction of sp³-hybridized carbons (Fsp3) is 0.467. The number of methoxy groups -OCH3 is 1. The molecular weight excluding hydrogens is 306 g/mol. The minimum Gasteiger partial charge on any atom is -0.493 e. The van der Waals surface area contributed by atoms with Crippen molar-refractivity contribution in [1.29, 1.82) is 0 Å². The van der Waals surface area contributed by atoms with Gasteiger partial charge in [-0.15, -0.1) is 0 Å². The van der Waals surface area contributed by atoms with Crippen LogP contribution in [0.3, 0.4) is 0 Å². The van der Waals surface area contributed by atoms with Crippen LogP contribution < -0.4 is 14.8 Å². The zero-order valence-electron chi connectivity index (χ0n) is 12.5.